The van der Waals surface area contributed by atoms with Crippen molar-refractivity contribution in [2.75, 3.05) is 35.7 Å². The Morgan fingerprint density at radius 1 is 1.39 bits per heavy atom. The van der Waals surface area contributed by atoms with E-state index in [1.807, 2.05) is 30.1 Å². The number of nitrogens with two attached hydrogens (primary N) is 1. The smallest absolute Gasteiger partial charge is 0.150 e. The van der Waals surface area contributed by atoms with E-state index in [1.54, 1.807) is 6.92 Å². The van der Waals surface area contributed by atoms with Crippen molar-refractivity contribution in [3.8, 4) is 0 Å². The zero-order chi connectivity index (χ0) is 13.8. The number of rotatable bonds is 6. The van der Waals surface area contributed by atoms with Crippen molar-refractivity contribution in [1.29, 1.82) is 0 Å². The normalized spacial score (nSPS) is 11.5. The Kier molecular flexibility index (Phi) is 5.47. The van der Waals surface area contributed by atoms with Crippen molar-refractivity contribution in [2.24, 2.45) is 0 Å². The molecule has 0 aliphatic heterocycles. The van der Waals surface area contributed by atoms with Crippen LogP contribution in [0.2, 0.25) is 0 Å². The molecule has 0 unspecified atom stereocenters. The van der Waals surface area contributed by atoms with Crippen molar-refractivity contribution >= 4 is 37.1 Å². The predicted molar refractivity (Wildman–Crippen MR) is 80.8 cm³/mol. The van der Waals surface area contributed by atoms with E-state index in [-0.39, 0.29) is 11.5 Å². The van der Waals surface area contributed by atoms with Crippen molar-refractivity contribution in [3.05, 3.63) is 22.7 Å². The first kappa shape index (κ1) is 15.3. The molecule has 0 heterocycles. The van der Waals surface area contributed by atoms with Crippen LogP contribution in [0.1, 0.15) is 13.3 Å². The maximum absolute atomic E-state index is 11.4. The molecule has 1 aromatic carbocycles. The van der Waals surface area contributed by atoms with Gasteiger partial charge in [0.1, 0.15) is 9.84 Å². The molecule has 0 saturated carbocycles. The predicted octanol–water partition coefficient (Wildman–Crippen LogP) is 2.29. The van der Waals surface area contributed by atoms with Crippen LogP contribution < -0.4 is 10.6 Å². The first-order chi connectivity index (χ1) is 8.35. The van der Waals surface area contributed by atoms with Gasteiger partial charge in [0.05, 0.1) is 17.1 Å². The number of halogens is 1. The molecule has 1 aromatic rings. The third kappa shape index (κ3) is 4.49. The minimum absolute atomic E-state index is 0.205. The Morgan fingerprint density at radius 2 is 2.06 bits per heavy atom. The molecule has 0 radical (unpaired) electrons. The summed E-state index contributed by atoms with van der Waals surface area (Å²) in [5, 5.41) is 0. The Morgan fingerprint density at radius 3 is 2.61 bits per heavy atom. The molecule has 0 aromatic heterocycles. The van der Waals surface area contributed by atoms with E-state index in [0.717, 1.165) is 10.2 Å². The van der Waals surface area contributed by atoms with Gasteiger partial charge in [0.2, 0.25) is 0 Å². The lowest BCUT2D eigenvalue weighted by molar-refractivity contribution is 0.594. The zero-order valence-corrected chi connectivity index (χ0v) is 13.1. The van der Waals surface area contributed by atoms with Crippen LogP contribution in [-0.2, 0) is 9.84 Å². The van der Waals surface area contributed by atoms with E-state index in [4.69, 9.17) is 5.73 Å². The molecule has 1 rings (SSSR count). The lowest BCUT2D eigenvalue weighted by Gasteiger charge is -2.21. The fraction of sp³-hybridized carbons (Fsp3) is 0.500. The third-order valence-electron chi connectivity index (χ3n) is 2.79. The highest BCUT2D eigenvalue weighted by Gasteiger charge is 2.09. The number of hydrogen-bond donors (Lipinski definition) is 1. The van der Waals surface area contributed by atoms with Crippen LogP contribution in [0.25, 0.3) is 0 Å². The van der Waals surface area contributed by atoms with Gasteiger partial charge in [-0.2, -0.15) is 0 Å². The summed E-state index contributed by atoms with van der Waals surface area (Å²) in [6.45, 7) is 2.34. The van der Waals surface area contributed by atoms with Crippen LogP contribution in [0.3, 0.4) is 0 Å². The molecule has 0 spiro atoms. The minimum atomic E-state index is -2.88. The molecule has 0 aliphatic carbocycles. The standard InChI is InChI=1S/C12H19BrN2O2S/c1-3-18(16,17)8-4-7-15(2)12-6-5-10(13)9-11(12)14/h5-6,9H,3-4,7-8,14H2,1-2H3. The topological polar surface area (TPSA) is 63.4 Å². The molecule has 0 aliphatic rings. The van der Waals surface area contributed by atoms with Crippen LogP contribution >= 0.6 is 15.9 Å². The lowest BCUT2D eigenvalue weighted by Crippen LogP contribution is -2.22. The van der Waals surface area contributed by atoms with Crippen molar-refractivity contribution < 1.29 is 8.42 Å². The van der Waals surface area contributed by atoms with E-state index >= 15 is 0 Å². The minimum Gasteiger partial charge on any atom is -0.397 e. The third-order valence-corrected chi connectivity index (χ3v) is 5.07. The van der Waals surface area contributed by atoms with Crippen molar-refractivity contribution in [1.82, 2.24) is 0 Å². The van der Waals surface area contributed by atoms with Crippen LogP contribution in [0.5, 0.6) is 0 Å². The highest BCUT2D eigenvalue weighted by molar-refractivity contribution is 9.10. The Bertz CT molecular complexity index is 503. The zero-order valence-electron chi connectivity index (χ0n) is 10.7. The number of hydrogen-bond acceptors (Lipinski definition) is 4. The van der Waals surface area contributed by atoms with Gasteiger partial charge in [-0.25, -0.2) is 8.42 Å². The molecule has 102 valence electrons. The van der Waals surface area contributed by atoms with E-state index in [0.29, 0.717) is 18.7 Å². The van der Waals surface area contributed by atoms with Gasteiger partial charge in [-0.05, 0) is 24.6 Å². The van der Waals surface area contributed by atoms with Crippen LogP contribution in [0, 0.1) is 0 Å². The number of nitrogen functional groups attached to an aromatic ring is 1. The lowest BCUT2D eigenvalue weighted by atomic mass is 10.2. The molecule has 0 bridgehead atoms. The number of benzene rings is 1. The highest BCUT2D eigenvalue weighted by Crippen LogP contribution is 2.25. The number of anilines is 2. The highest BCUT2D eigenvalue weighted by atomic mass is 79.9. The summed E-state index contributed by atoms with van der Waals surface area (Å²) in [6.07, 6.45) is 0.613. The van der Waals surface area contributed by atoms with Gasteiger partial charge in [0.25, 0.3) is 0 Å². The van der Waals surface area contributed by atoms with Gasteiger partial charge in [-0.15, -0.1) is 0 Å². The monoisotopic (exact) mass is 334 g/mol. The molecule has 4 nitrogen and oxygen atoms in total. The number of sulfone groups is 1. The average Bonchev–Trinajstić information content (AvgIpc) is 2.28. The molecule has 0 atom stereocenters. The summed E-state index contributed by atoms with van der Waals surface area (Å²) in [7, 11) is -0.965. The van der Waals surface area contributed by atoms with E-state index < -0.39 is 9.84 Å². The molecule has 0 amide bonds. The second-order valence-corrected chi connectivity index (χ2v) is 7.60. The van der Waals surface area contributed by atoms with Gasteiger partial charge < -0.3 is 10.6 Å². The van der Waals surface area contributed by atoms with E-state index in [2.05, 4.69) is 15.9 Å². The quantitative estimate of drug-likeness (QED) is 0.810. The van der Waals surface area contributed by atoms with E-state index in [1.165, 1.54) is 0 Å². The van der Waals surface area contributed by atoms with Gasteiger partial charge in [-0.1, -0.05) is 22.9 Å². The largest absolute Gasteiger partial charge is 0.397 e. The summed E-state index contributed by atoms with van der Waals surface area (Å²) >= 11 is 3.36. The molecule has 2 N–H and O–H groups in total. The van der Waals surface area contributed by atoms with Gasteiger partial charge in [-0.3, -0.25) is 0 Å². The van der Waals surface area contributed by atoms with Gasteiger partial charge in [0, 0.05) is 23.8 Å². The summed E-state index contributed by atoms with van der Waals surface area (Å²) in [4.78, 5) is 1.98. The summed E-state index contributed by atoms with van der Waals surface area (Å²) in [5.74, 6) is 0.432. The molecule has 0 saturated heterocycles. The molecule has 6 heteroatoms. The van der Waals surface area contributed by atoms with Gasteiger partial charge in [0.15, 0.2) is 0 Å². The van der Waals surface area contributed by atoms with Gasteiger partial charge >= 0.3 is 0 Å². The molecular formula is C12H19BrN2O2S. The SMILES string of the molecule is CCS(=O)(=O)CCCN(C)c1ccc(Br)cc1N. The summed E-state index contributed by atoms with van der Waals surface area (Å²) < 4.78 is 23.7. The summed E-state index contributed by atoms with van der Waals surface area (Å²) in [6, 6.07) is 5.69. The van der Waals surface area contributed by atoms with Crippen LogP contribution in [0.4, 0.5) is 11.4 Å². The van der Waals surface area contributed by atoms with Crippen molar-refractivity contribution in [2.45, 2.75) is 13.3 Å². The van der Waals surface area contributed by atoms with Crippen molar-refractivity contribution in [3.63, 3.8) is 0 Å². The maximum atomic E-state index is 11.4. The van der Waals surface area contributed by atoms with Crippen LogP contribution in [-0.4, -0.2) is 33.5 Å². The Balaban J connectivity index is 2.58. The fourth-order valence-corrected chi connectivity index (χ4v) is 2.90. The first-order valence-corrected chi connectivity index (χ1v) is 8.43. The summed E-state index contributed by atoms with van der Waals surface area (Å²) in [5.41, 5.74) is 7.52. The molecule has 18 heavy (non-hydrogen) atoms. The first-order valence-electron chi connectivity index (χ1n) is 5.82. The van der Waals surface area contributed by atoms with E-state index in [9.17, 15) is 8.42 Å². The Hall–Kier alpha value is -0.750. The number of nitrogens with zero attached hydrogens (tertiary/aromatic N) is 1. The Labute approximate surface area is 117 Å². The fourth-order valence-electron chi connectivity index (χ4n) is 1.66. The second kappa shape index (κ2) is 6.43. The average molecular weight is 335 g/mol. The maximum Gasteiger partial charge on any atom is 0.150 e. The second-order valence-electron chi connectivity index (χ2n) is 4.21. The van der Waals surface area contributed by atoms with Crippen LogP contribution in [0.15, 0.2) is 22.7 Å². The molecular weight excluding hydrogens is 316 g/mol. The molecule has 0 fully saturated rings.